The molecule has 0 bridgehead atoms. The molecule has 0 spiro atoms. The van der Waals surface area contributed by atoms with Gasteiger partial charge in [-0.3, -0.25) is 0 Å². The standard InChI is InChI=1S/C12H16ClNO/c1-8-5-11(14-7-8)10-6-9(13)3-4-12(10)15-2/h3-4,6,8,11,14H,5,7H2,1-2H3/t8-,11+/m0/s1. The zero-order chi connectivity index (χ0) is 10.8. The first-order chi connectivity index (χ1) is 7.20. The van der Waals surface area contributed by atoms with Gasteiger partial charge in [-0.25, -0.2) is 0 Å². The van der Waals surface area contributed by atoms with Gasteiger partial charge in [0.25, 0.3) is 0 Å². The Morgan fingerprint density at radius 3 is 2.87 bits per heavy atom. The average Bonchev–Trinajstić information content (AvgIpc) is 2.65. The van der Waals surface area contributed by atoms with E-state index in [0.29, 0.717) is 6.04 Å². The maximum absolute atomic E-state index is 6.01. The van der Waals surface area contributed by atoms with Gasteiger partial charge in [-0.15, -0.1) is 0 Å². The lowest BCUT2D eigenvalue weighted by Gasteiger charge is -2.15. The minimum atomic E-state index is 0.383. The summed E-state index contributed by atoms with van der Waals surface area (Å²) in [4.78, 5) is 0. The van der Waals surface area contributed by atoms with Crippen molar-refractivity contribution in [3.63, 3.8) is 0 Å². The summed E-state index contributed by atoms with van der Waals surface area (Å²) in [7, 11) is 1.70. The number of halogens is 1. The second-order valence-electron chi connectivity index (χ2n) is 4.19. The van der Waals surface area contributed by atoms with Gasteiger partial charge in [-0.05, 0) is 37.1 Å². The number of nitrogens with one attached hydrogen (secondary N) is 1. The van der Waals surface area contributed by atoms with E-state index >= 15 is 0 Å². The SMILES string of the molecule is COc1ccc(Cl)cc1[C@H]1C[C@H](C)CN1. The van der Waals surface area contributed by atoms with Gasteiger partial charge in [0.2, 0.25) is 0 Å². The zero-order valence-corrected chi connectivity index (χ0v) is 9.84. The number of methoxy groups -OCH3 is 1. The summed E-state index contributed by atoms with van der Waals surface area (Å²) in [5.41, 5.74) is 1.18. The van der Waals surface area contributed by atoms with Crippen LogP contribution in [0.2, 0.25) is 5.02 Å². The minimum Gasteiger partial charge on any atom is -0.496 e. The summed E-state index contributed by atoms with van der Waals surface area (Å²) in [6.07, 6.45) is 1.15. The fourth-order valence-electron chi connectivity index (χ4n) is 2.13. The Kier molecular flexibility index (Phi) is 3.17. The molecule has 0 unspecified atom stereocenters. The lowest BCUT2D eigenvalue weighted by Crippen LogP contribution is -2.14. The highest BCUT2D eigenvalue weighted by Gasteiger charge is 2.24. The van der Waals surface area contributed by atoms with Gasteiger partial charge in [-0.2, -0.15) is 0 Å². The van der Waals surface area contributed by atoms with E-state index < -0.39 is 0 Å². The molecule has 2 rings (SSSR count). The molecule has 1 heterocycles. The van der Waals surface area contributed by atoms with Crippen molar-refractivity contribution in [2.45, 2.75) is 19.4 Å². The van der Waals surface area contributed by atoms with E-state index in [9.17, 15) is 0 Å². The molecule has 2 atom stereocenters. The zero-order valence-electron chi connectivity index (χ0n) is 9.09. The third kappa shape index (κ3) is 2.27. The monoisotopic (exact) mass is 225 g/mol. The molecule has 1 N–H and O–H groups in total. The molecule has 1 saturated heterocycles. The number of hydrogen-bond donors (Lipinski definition) is 1. The lowest BCUT2D eigenvalue weighted by molar-refractivity contribution is 0.403. The molecule has 1 aromatic carbocycles. The smallest absolute Gasteiger partial charge is 0.123 e. The molecule has 0 amide bonds. The minimum absolute atomic E-state index is 0.383. The van der Waals surface area contributed by atoms with Crippen molar-refractivity contribution >= 4 is 11.6 Å². The molecular weight excluding hydrogens is 210 g/mol. The molecule has 1 aromatic rings. The predicted molar refractivity (Wildman–Crippen MR) is 62.5 cm³/mol. The molecule has 1 aliphatic heterocycles. The molecule has 15 heavy (non-hydrogen) atoms. The van der Waals surface area contributed by atoms with Crippen LogP contribution in [-0.4, -0.2) is 13.7 Å². The molecule has 0 aliphatic carbocycles. The van der Waals surface area contributed by atoms with Gasteiger partial charge in [0.15, 0.2) is 0 Å². The second kappa shape index (κ2) is 4.42. The van der Waals surface area contributed by atoms with Gasteiger partial charge in [0, 0.05) is 16.6 Å². The van der Waals surface area contributed by atoms with Crippen molar-refractivity contribution in [1.29, 1.82) is 0 Å². The van der Waals surface area contributed by atoms with Crippen molar-refractivity contribution < 1.29 is 4.74 Å². The Morgan fingerprint density at radius 2 is 2.27 bits per heavy atom. The van der Waals surface area contributed by atoms with Gasteiger partial charge in [0.05, 0.1) is 7.11 Å². The Bertz CT molecular complexity index is 353. The van der Waals surface area contributed by atoms with Crippen molar-refractivity contribution in [3.8, 4) is 5.75 Å². The van der Waals surface area contributed by atoms with E-state index in [2.05, 4.69) is 12.2 Å². The number of hydrogen-bond acceptors (Lipinski definition) is 2. The summed E-state index contributed by atoms with van der Waals surface area (Å²) in [5.74, 6) is 1.64. The van der Waals surface area contributed by atoms with E-state index in [1.807, 2.05) is 18.2 Å². The topological polar surface area (TPSA) is 21.3 Å². The molecule has 2 nitrogen and oxygen atoms in total. The highest BCUT2D eigenvalue weighted by Crippen LogP contribution is 2.34. The van der Waals surface area contributed by atoms with Crippen LogP contribution >= 0.6 is 11.6 Å². The van der Waals surface area contributed by atoms with Crippen molar-refractivity contribution in [2.24, 2.45) is 5.92 Å². The van der Waals surface area contributed by atoms with Gasteiger partial charge in [0.1, 0.15) is 5.75 Å². The van der Waals surface area contributed by atoms with Gasteiger partial charge in [-0.1, -0.05) is 18.5 Å². The summed E-state index contributed by atoms with van der Waals surface area (Å²) in [6, 6.07) is 6.18. The van der Waals surface area contributed by atoms with E-state index in [1.165, 1.54) is 5.56 Å². The van der Waals surface area contributed by atoms with Crippen molar-refractivity contribution in [2.75, 3.05) is 13.7 Å². The van der Waals surface area contributed by atoms with E-state index in [1.54, 1.807) is 7.11 Å². The number of rotatable bonds is 2. The Hall–Kier alpha value is -0.730. The van der Waals surface area contributed by atoms with Crippen LogP contribution in [0.3, 0.4) is 0 Å². The maximum Gasteiger partial charge on any atom is 0.123 e. The third-order valence-electron chi connectivity index (χ3n) is 2.92. The molecule has 1 aliphatic rings. The Morgan fingerprint density at radius 1 is 1.47 bits per heavy atom. The first kappa shape index (κ1) is 10.8. The number of benzene rings is 1. The van der Waals surface area contributed by atoms with Crippen LogP contribution in [0.1, 0.15) is 24.9 Å². The highest BCUT2D eigenvalue weighted by molar-refractivity contribution is 6.30. The summed E-state index contributed by atoms with van der Waals surface area (Å²) in [6.45, 7) is 3.32. The van der Waals surface area contributed by atoms with Crippen LogP contribution in [0.4, 0.5) is 0 Å². The van der Waals surface area contributed by atoms with Crippen LogP contribution in [0, 0.1) is 5.92 Å². The maximum atomic E-state index is 6.01. The first-order valence-electron chi connectivity index (χ1n) is 5.27. The fourth-order valence-corrected chi connectivity index (χ4v) is 2.31. The fraction of sp³-hybridized carbons (Fsp3) is 0.500. The van der Waals surface area contributed by atoms with Crippen molar-refractivity contribution in [1.82, 2.24) is 5.32 Å². The number of ether oxygens (including phenoxy) is 1. The van der Waals surface area contributed by atoms with E-state index in [-0.39, 0.29) is 0 Å². The van der Waals surface area contributed by atoms with Crippen LogP contribution in [-0.2, 0) is 0 Å². The lowest BCUT2D eigenvalue weighted by atomic mass is 10.0. The molecular formula is C12H16ClNO. The predicted octanol–water partition coefficient (Wildman–Crippen LogP) is 3.02. The Labute approximate surface area is 95.6 Å². The molecule has 3 heteroatoms. The van der Waals surface area contributed by atoms with Gasteiger partial charge < -0.3 is 10.1 Å². The largest absolute Gasteiger partial charge is 0.496 e. The molecule has 0 saturated carbocycles. The van der Waals surface area contributed by atoms with Crippen LogP contribution in [0.15, 0.2) is 18.2 Å². The quantitative estimate of drug-likeness (QED) is 0.836. The van der Waals surface area contributed by atoms with E-state index in [4.69, 9.17) is 16.3 Å². The second-order valence-corrected chi connectivity index (χ2v) is 4.62. The van der Waals surface area contributed by atoms with Crippen molar-refractivity contribution in [3.05, 3.63) is 28.8 Å². The van der Waals surface area contributed by atoms with Crippen LogP contribution in [0.5, 0.6) is 5.75 Å². The molecule has 0 radical (unpaired) electrons. The molecule has 1 fully saturated rings. The normalized spacial score (nSPS) is 25.5. The molecule has 82 valence electrons. The Balaban J connectivity index is 2.29. The summed E-state index contributed by atoms with van der Waals surface area (Å²) in [5, 5.41) is 4.26. The third-order valence-corrected chi connectivity index (χ3v) is 3.15. The van der Waals surface area contributed by atoms with Crippen LogP contribution in [0.25, 0.3) is 0 Å². The summed E-state index contributed by atoms with van der Waals surface area (Å²) < 4.78 is 5.35. The highest BCUT2D eigenvalue weighted by atomic mass is 35.5. The molecule has 0 aromatic heterocycles. The van der Waals surface area contributed by atoms with E-state index in [0.717, 1.165) is 29.7 Å². The first-order valence-corrected chi connectivity index (χ1v) is 5.65. The van der Waals surface area contributed by atoms with Crippen LogP contribution < -0.4 is 10.1 Å². The average molecular weight is 226 g/mol. The van der Waals surface area contributed by atoms with Gasteiger partial charge >= 0.3 is 0 Å². The summed E-state index contributed by atoms with van der Waals surface area (Å²) >= 11 is 6.01.